The van der Waals surface area contributed by atoms with Gasteiger partial charge in [-0.2, -0.15) is 0 Å². The minimum absolute atomic E-state index is 0.814. The summed E-state index contributed by atoms with van der Waals surface area (Å²) in [6, 6.07) is 19.9. The second-order valence-electron chi connectivity index (χ2n) is 3.72. The van der Waals surface area contributed by atoms with Crippen LogP contribution in [0.15, 0.2) is 66.9 Å². The van der Waals surface area contributed by atoms with Crippen molar-refractivity contribution in [1.82, 2.24) is 5.43 Å². The van der Waals surface area contributed by atoms with Crippen molar-refractivity contribution >= 4 is 11.4 Å². The van der Waals surface area contributed by atoms with Crippen LogP contribution >= 0.6 is 0 Å². The van der Waals surface area contributed by atoms with Gasteiger partial charge in [-0.1, -0.05) is 48.5 Å². The van der Waals surface area contributed by atoms with Crippen LogP contribution in [-0.2, 0) is 4.84 Å². The fourth-order valence-corrected chi connectivity index (χ4v) is 1.70. The molecular weight excluding hydrogens is 212 g/mol. The molecule has 0 fully saturated rings. The van der Waals surface area contributed by atoms with E-state index in [1.165, 1.54) is 0 Å². The molecule has 0 bridgehead atoms. The lowest BCUT2D eigenvalue weighted by Crippen LogP contribution is -2.27. The molecule has 3 nitrogen and oxygen atoms in total. The topological polar surface area (TPSA) is 24.5 Å². The summed E-state index contributed by atoms with van der Waals surface area (Å²) in [6.45, 7) is 0. The molecule has 17 heavy (non-hydrogen) atoms. The van der Waals surface area contributed by atoms with Gasteiger partial charge in [0.15, 0.2) is 5.76 Å². The number of rotatable bonds is 2. The predicted octanol–water partition coefficient (Wildman–Crippen LogP) is 2.94. The highest BCUT2D eigenvalue weighted by Gasteiger charge is 2.16. The fourth-order valence-electron chi connectivity index (χ4n) is 1.70. The second kappa shape index (κ2) is 4.22. The van der Waals surface area contributed by atoms with E-state index in [0.29, 0.717) is 0 Å². The quantitative estimate of drug-likeness (QED) is 0.848. The van der Waals surface area contributed by atoms with Crippen molar-refractivity contribution in [3.05, 3.63) is 72.4 Å². The lowest BCUT2D eigenvalue weighted by atomic mass is 10.2. The van der Waals surface area contributed by atoms with Crippen molar-refractivity contribution in [3.63, 3.8) is 0 Å². The van der Waals surface area contributed by atoms with Crippen LogP contribution in [-0.4, -0.2) is 0 Å². The van der Waals surface area contributed by atoms with Gasteiger partial charge in [0.05, 0.1) is 11.9 Å². The lowest BCUT2D eigenvalue weighted by molar-refractivity contribution is 0.243. The Kier molecular flexibility index (Phi) is 2.43. The van der Waals surface area contributed by atoms with E-state index in [4.69, 9.17) is 4.84 Å². The monoisotopic (exact) mass is 224 g/mol. The maximum atomic E-state index is 5.72. The molecule has 0 atom stereocenters. The molecule has 1 aliphatic rings. The SMILES string of the molecule is C1=C(c2ccccc2)ON(c2ccccc2)N1. The zero-order chi connectivity index (χ0) is 11.5. The smallest absolute Gasteiger partial charge is 0.182 e. The molecular formula is C14H12N2O. The highest BCUT2D eigenvalue weighted by molar-refractivity contribution is 5.63. The van der Waals surface area contributed by atoms with Crippen LogP contribution in [0.1, 0.15) is 5.56 Å². The molecule has 84 valence electrons. The molecule has 0 saturated carbocycles. The molecule has 3 heteroatoms. The average molecular weight is 224 g/mol. The zero-order valence-corrected chi connectivity index (χ0v) is 9.21. The number of hydrogen-bond donors (Lipinski definition) is 1. The number of nitrogens with zero attached hydrogens (tertiary/aromatic N) is 1. The molecule has 0 saturated heterocycles. The number of benzene rings is 2. The Hall–Kier alpha value is -2.42. The van der Waals surface area contributed by atoms with Gasteiger partial charge >= 0.3 is 0 Å². The second-order valence-corrected chi connectivity index (χ2v) is 3.72. The van der Waals surface area contributed by atoms with Gasteiger partial charge < -0.3 is 4.84 Å². The molecule has 0 aliphatic carbocycles. The standard InChI is InChI=1S/C14H12N2O/c1-3-7-12(8-4-1)14-11-15-16(17-14)13-9-5-2-6-10-13/h1-11,15H. The van der Waals surface area contributed by atoms with Gasteiger partial charge in [-0.05, 0) is 12.1 Å². The third-order valence-electron chi connectivity index (χ3n) is 2.55. The minimum Gasteiger partial charge on any atom is -0.357 e. The van der Waals surface area contributed by atoms with E-state index in [-0.39, 0.29) is 0 Å². The first kappa shape index (κ1) is 9.78. The Balaban J connectivity index is 1.78. The van der Waals surface area contributed by atoms with Gasteiger partial charge in [-0.15, -0.1) is 5.17 Å². The third kappa shape index (κ3) is 1.95. The van der Waals surface area contributed by atoms with Crippen LogP contribution in [0.2, 0.25) is 0 Å². The van der Waals surface area contributed by atoms with E-state index in [9.17, 15) is 0 Å². The Morgan fingerprint density at radius 1 is 0.824 bits per heavy atom. The fraction of sp³-hybridized carbons (Fsp3) is 0. The molecule has 1 heterocycles. The maximum Gasteiger partial charge on any atom is 0.182 e. The van der Waals surface area contributed by atoms with Crippen LogP contribution in [0.3, 0.4) is 0 Å². The number of nitrogens with one attached hydrogen (secondary N) is 1. The summed E-state index contributed by atoms with van der Waals surface area (Å²) < 4.78 is 0. The van der Waals surface area contributed by atoms with E-state index in [2.05, 4.69) is 5.43 Å². The van der Waals surface area contributed by atoms with E-state index in [0.717, 1.165) is 17.0 Å². The summed E-state index contributed by atoms with van der Waals surface area (Å²) in [5.74, 6) is 0.814. The van der Waals surface area contributed by atoms with E-state index < -0.39 is 0 Å². The molecule has 1 aliphatic heterocycles. The first-order chi connectivity index (χ1) is 8.43. The molecule has 0 spiro atoms. The molecule has 0 aromatic heterocycles. The summed E-state index contributed by atoms with van der Waals surface area (Å²) in [7, 11) is 0. The van der Waals surface area contributed by atoms with E-state index in [1.54, 1.807) is 5.17 Å². The summed E-state index contributed by atoms with van der Waals surface area (Å²) in [5.41, 5.74) is 5.09. The van der Waals surface area contributed by atoms with Crippen LogP contribution in [0.4, 0.5) is 5.69 Å². The van der Waals surface area contributed by atoms with Crippen LogP contribution in [0.5, 0.6) is 0 Å². The van der Waals surface area contributed by atoms with Gasteiger partial charge in [0, 0.05) is 5.56 Å². The Labute approximate surface area is 99.9 Å². The third-order valence-corrected chi connectivity index (χ3v) is 2.55. The summed E-state index contributed by atoms with van der Waals surface area (Å²) >= 11 is 0. The molecule has 1 N–H and O–H groups in total. The van der Waals surface area contributed by atoms with Gasteiger partial charge in [0.1, 0.15) is 0 Å². The van der Waals surface area contributed by atoms with E-state index in [1.807, 2.05) is 66.9 Å². The molecule has 3 rings (SSSR count). The zero-order valence-electron chi connectivity index (χ0n) is 9.21. The van der Waals surface area contributed by atoms with Crippen molar-refractivity contribution in [2.75, 3.05) is 5.17 Å². The largest absolute Gasteiger partial charge is 0.357 e. The Morgan fingerprint density at radius 3 is 2.18 bits per heavy atom. The van der Waals surface area contributed by atoms with Gasteiger partial charge in [0.2, 0.25) is 0 Å². The summed E-state index contributed by atoms with van der Waals surface area (Å²) in [4.78, 5) is 5.72. The highest BCUT2D eigenvalue weighted by atomic mass is 16.7. The van der Waals surface area contributed by atoms with Crippen LogP contribution in [0, 0.1) is 0 Å². The first-order valence-corrected chi connectivity index (χ1v) is 5.48. The number of hydrogen-bond acceptors (Lipinski definition) is 3. The molecule has 2 aromatic rings. The summed E-state index contributed by atoms with van der Waals surface area (Å²) in [5, 5.41) is 1.64. The summed E-state index contributed by atoms with van der Waals surface area (Å²) in [6.07, 6.45) is 1.85. The molecule has 0 unspecified atom stereocenters. The molecule has 2 aromatic carbocycles. The normalized spacial score (nSPS) is 13.9. The lowest BCUT2D eigenvalue weighted by Gasteiger charge is -2.17. The van der Waals surface area contributed by atoms with E-state index >= 15 is 0 Å². The van der Waals surface area contributed by atoms with Gasteiger partial charge in [-0.3, -0.25) is 5.43 Å². The van der Waals surface area contributed by atoms with Crippen LogP contribution in [0.25, 0.3) is 5.76 Å². The Morgan fingerprint density at radius 2 is 1.47 bits per heavy atom. The van der Waals surface area contributed by atoms with Crippen molar-refractivity contribution in [2.24, 2.45) is 0 Å². The average Bonchev–Trinajstić information content (AvgIpc) is 2.90. The van der Waals surface area contributed by atoms with Crippen LogP contribution < -0.4 is 10.6 Å². The van der Waals surface area contributed by atoms with Gasteiger partial charge in [0.25, 0.3) is 0 Å². The Bertz CT molecular complexity index is 522. The minimum atomic E-state index is 0.814. The number of anilines is 1. The van der Waals surface area contributed by atoms with Crippen molar-refractivity contribution in [2.45, 2.75) is 0 Å². The highest BCUT2D eigenvalue weighted by Crippen LogP contribution is 2.24. The number of para-hydroxylation sites is 1. The molecule has 0 amide bonds. The predicted molar refractivity (Wildman–Crippen MR) is 67.6 cm³/mol. The van der Waals surface area contributed by atoms with Gasteiger partial charge in [-0.25, -0.2) is 0 Å². The van der Waals surface area contributed by atoms with Crippen molar-refractivity contribution in [3.8, 4) is 0 Å². The number of hydrazine groups is 1. The molecule has 0 radical (unpaired) electrons. The first-order valence-electron chi connectivity index (χ1n) is 5.48. The maximum absolute atomic E-state index is 5.72. The van der Waals surface area contributed by atoms with Crippen molar-refractivity contribution < 1.29 is 4.84 Å². The van der Waals surface area contributed by atoms with Crippen molar-refractivity contribution in [1.29, 1.82) is 0 Å².